The fourth-order valence-electron chi connectivity index (χ4n) is 4.55. The van der Waals surface area contributed by atoms with Crippen molar-refractivity contribution in [2.24, 2.45) is 11.8 Å². The molecule has 0 unspecified atom stereocenters. The summed E-state index contributed by atoms with van der Waals surface area (Å²) in [4.78, 5) is 0. The first-order chi connectivity index (χ1) is 13.2. The van der Waals surface area contributed by atoms with Crippen LogP contribution in [-0.2, 0) is 6.42 Å². The topological polar surface area (TPSA) is 23.8 Å². The minimum Gasteiger partial charge on any atom is -0.206 e. The van der Waals surface area contributed by atoms with Crippen molar-refractivity contribution in [1.82, 2.24) is 0 Å². The number of nitriles is 1. The molecule has 2 rings (SSSR count). The quantitative estimate of drug-likeness (QED) is 0.342. The molecule has 0 radical (unpaired) electrons. The van der Waals surface area contributed by atoms with Gasteiger partial charge in [-0.2, -0.15) is 5.26 Å². The molecule has 0 heterocycles. The van der Waals surface area contributed by atoms with Crippen molar-refractivity contribution in [3.05, 3.63) is 35.1 Å². The number of rotatable bonds is 12. The number of hydrogen-bond acceptors (Lipinski definition) is 1. The molecule has 1 aliphatic carbocycles. The zero-order chi connectivity index (χ0) is 19.3. The van der Waals surface area contributed by atoms with Gasteiger partial charge in [0, 0.05) is 0 Å². The second-order valence-electron chi connectivity index (χ2n) is 8.61. The van der Waals surface area contributed by atoms with Gasteiger partial charge in [0.2, 0.25) is 0 Å². The van der Waals surface area contributed by atoms with Crippen molar-refractivity contribution in [3.8, 4) is 6.07 Å². The molecule has 1 saturated carbocycles. The molecule has 0 aromatic heterocycles. The third-order valence-electron chi connectivity index (χ3n) is 6.43. The van der Waals surface area contributed by atoms with Crippen molar-refractivity contribution in [2.75, 3.05) is 0 Å². The van der Waals surface area contributed by atoms with E-state index < -0.39 is 0 Å². The van der Waals surface area contributed by atoms with E-state index in [-0.39, 0.29) is 11.4 Å². The maximum Gasteiger partial charge on any atom is 0.141 e. The van der Waals surface area contributed by atoms with Gasteiger partial charge in [0.15, 0.2) is 0 Å². The van der Waals surface area contributed by atoms with Crippen LogP contribution in [0.4, 0.5) is 4.39 Å². The zero-order valence-electron chi connectivity index (χ0n) is 17.3. The summed E-state index contributed by atoms with van der Waals surface area (Å²) in [6.07, 6.45) is 20.3. The van der Waals surface area contributed by atoms with Crippen LogP contribution in [0.25, 0.3) is 0 Å². The van der Waals surface area contributed by atoms with Crippen molar-refractivity contribution in [3.63, 3.8) is 0 Å². The molecule has 2 heteroatoms. The summed E-state index contributed by atoms with van der Waals surface area (Å²) >= 11 is 0. The van der Waals surface area contributed by atoms with E-state index in [4.69, 9.17) is 5.26 Å². The van der Waals surface area contributed by atoms with E-state index in [9.17, 15) is 4.39 Å². The SMILES string of the molecule is CCCCCCCCCCC1CCC(CCc2ccc(C#N)c(F)c2)CC1. The lowest BCUT2D eigenvalue weighted by atomic mass is 9.77. The minimum absolute atomic E-state index is 0.153. The highest BCUT2D eigenvalue weighted by Crippen LogP contribution is 2.34. The van der Waals surface area contributed by atoms with E-state index in [1.165, 1.54) is 83.5 Å². The van der Waals surface area contributed by atoms with E-state index >= 15 is 0 Å². The summed E-state index contributed by atoms with van der Waals surface area (Å²) in [5, 5.41) is 8.81. The molecule has 0 N–H and O–H groups in total. The van der Waals surface area contributed by atoms with Gasteiger partial charge in [0.05, 0.1) is 5.56 Å². The summed E-state index contributed by atoms with van der Waals surface area (Å²) in [5.41, 5.74) is 1.19. The number of halogens is 1. The lowest BCUT2D eigenvalue weighted by Crippen LogP contribution is -2.15. The Morgan fingerprint density at radius 3 is 2.07 bits per heavy atom. The molecular weight excluding hydrogens is 333 g/mol. The predicted molar refractivity (Wildman–Crippen MR) is 112 cm³/mol. The summed E-state index contributed by atoms with van der Waals surface area (Å²) in [7, 11) is 0. The molecule has 0 spiro atoms. The predicted octanol–water partition coefficient (Wildman–Crippen LogP) is 7.97. The van der Waals surface area contributed by atoms with Crippen LogP contribution in [0.2, 0.25) is 0 Å². The second-order valence-corrected chi connectivity index (χ2v) is 8.61. The van der Waals surface area contributed by atoms with E-state index in [2.05, 4.69) is 6.92 Å². The van der Waals surface area contributed by atoms with Gasteiger partial charge >= 0.3 is 0 Å². The van der Waals surface area contributed by atoms with Crippen molar-refractivity contribution >= 4 is 0 Å². The Labute approximate surface area is 166 Å². The van der Waals surface area contributed by atoms with Gasteiger partial charge < -0.3 is 0 Å². The summed E-state index contributed by atoms with van der Waals surface area (Å²) in [6, 6.07) is 6.97. The van der Waals surface area contributed by atoms with Gasteiger partial charge in [0.1, 0.15) is 11.9 Å². The number of hydrogen-bond donors (Lipinski definition) is 0. The van der Waals surface area contributed by atoms with Crippen LogP contribution < -0.4 is 0 Å². The largest absolute Gasteiger partial charge is 0.206 e. The first kappa shape index (κ1) is 21.9. The number of benzene rings is 1. The molecule has 1 nitrogen and oxygen atoms in total. The number of aryl methyl sites for hydroxylation is 1. The summed E-state index contributed by atoms with van der Waals surface area (Å²) < 4.78 is 13.7. The van der Waals surface area contributed by atoms with E-state index in [0.29, 0.717) is 0 Å². The molecule has 27 heavy (non-hydrogen) atoms. The first-order valence-electron chi connectivity index (χ1n) is 11.4. The van der Waals surface area contributed by atoms with Gasteiger partial charge in [-0.05, 0) is 42.4 Å². The Bertz CT molecular complexity index is 566. The average Bonchev–Trinajstić information content (AvgIpc) is 2.69. The molecule has 0 aliphatic heterocycles. The van der Waals surface area contributed by atoms with Crippen LogP contribution in [0.1, 0.15) is 108 Å². The monoisotopic (exact) mass is 371 g/mol. The highest BCUT2D eigenvalue weighted by Gasteiger charge is 2.20. The molecule has 0 saturated heterocycles. The fourth-order valence-corrected chi connectivity index (χ4v) is 4.55. The molecule has 1 aromatic carbocycles. The summed E-state index contributed by atoms with van der Waals surface area (Å²) in [6.45, 7) is 2.28. The molecule has 0 bridgehead atoms. The van der Waals surface area contributed by atoms with Gasteiger partial charge in [-0.1, -0.05) is 96.5 Å². The van der Waals surface area contributed by atoms with Gasteiger partial charge in [-0.15, -0.1) is 0 Å². The lowest BCUT2D eigenvalue weighted by molar-refractivity contribution is 0.248. The molecule has 0 amide bonds. The molecule has 1 fully saturated rings. The molecule has 0 atom stereocenters. The normalized spacial score (nSPS) is 19.7. The van der Waals surface area contributed by atoms with Gasteiger partial charge in [-0.3, -0.25) is 0 Å². The number of unbranched alkanes of at least 4 members (excludes halogenated alkanes) is 7. The molecule has 1 aromatic rings. The Morgan fingerprint density at radius 2 is 1.48 bits per heavy atom. The van der Waals surface area contributed by atoms with Crippen molar-refractivity contribution in [1.29, 1.82) is 5.26 Å². The second kappa shape index (κ2) is 12.9. The van der Waals surface area contributed by atoms with E-state index in [1.54, 1.807) is 12.1 Å². The maximum atomic E-state index is 13.7. The maximum absolute atomic E-state index is 13.7. The summed E-state index contributed by atoms with van der Waals surface area (Å²) in [5.74, 6) is 1.39. The standard InChI is InChI=1S/C25H38FN/c1-2-3-4-5-6-7-8-9-10-21-11-13-22(14-12-21)15-16-23-17-18-24(20-27)25(26)19-23/h17-19,21-22H,2-16H2,1H3. The minimum atomic E-state index is -0.371. The van der Waals surface area contributed by atoms with E-state index in [1.807, 2.05) is 12.1 Å². The average molecular weight is 372 g/mol. The third-order valence-corrected chi connectivity index (χ3v) is 6.43. The van der Waals surface area contributed by atoms with Gasteiger partial charge in [0.25, 0.3) is 0 Å². The highest BCUT2D eigenvalue weighted by atomic mass is 19.1. The number of nitrogens with zero attached hydrogens (tertiary/aromatic N) is 1. The smallest absolute Gasteiger partial charge is 0.141 e. The Kier molecular flexibility index (Phi) is 10.5. The Morgan fingerprint density at radius 1 is 0.889 bits per heavy atom. The van der Waals surface area contributed by atoms with Crippen LogP contribution in [0, 0.1) is 29.0 Å². The first-order valence-corrected chi connectivity index (χ1v) is 11.4. The van der Waals surface area contributed by atoms with Gasteiger partial charge in [-0.25, -0.2) is 4.39 Å². The Balaban J connectivity index is 1.53. The van der Waals surface area contributed by atoms with Crippen molar-refractivity contribution < 1.29 is 4.39 Å². The Hall–Kier alpha value is -1.36. The third kappa shape index (κ3) is 8.46. The van der Waals surface area contributed by atoms with Crippen LogP contribution in [0.15, 0.2) is 18.2 Å². The molecular formula is C25H38FN. The highest BCUT2D eigenvalue weighted by molar-refractivity contribution is 5.33. The van der Waals surface area contributed by atoms with Crippen LogP contribution in [0.5, 0.6) is 0 Å². The molecule has 150 valence electrons. The zero-order valence-corrected chi connectivity index (χ0v) is 17.3. The molecule has 1 aliphatic rings. The van der Waals surface area contributed by atoms with Crippen molar-refractivity contribution in [2.45, 2.75) is 103 Å². The van der Waals surface area contributed by atoms with E-state index in [0.717, 1.165) is 30.2 Å². The van der Waals surface area contributed by atoms with Crippen LogP contribution >= 0.6 is 0 Å². The lowest BCUT2D eigenvalue weighted by Gasteiger charge is -2.28. The van der Waals surface area contributed by atoms with Crippen LogP contribution in [-0.4, -0.2) is 0 Å². The fraction of sp³-hybridized carbons (Fsp3) is 0.720. The van der Waals surface area contributed by atoms with Crippen LogP contribution in [0.3, 0.4) is 0 Å².